The van der Waals surface area contributed by atoms with Crippen molar-refractivity contribution < 1.29 is 23.6 Å². The van der Waals surface area contributed by atoms with Crippen LogP contribution in [-0.2, 0) is 9.59 Å². The van der Waals surface area contributed by atoms with Crippen LogP contribution < -0.4 is 5.32 Å². The molecule has 6 heteroatoms. The molecule has 1 aromatic rings. The monoisotopic (exact) mass is 303 g/mol. The number of rotatable bonds is 4. The van der Waals surface area contributed by atoms with Gasteiger partial charge in [0.25, 0.3) is 0 Å². The Morgan fingerprint density at radius 3 is 2.55 bits per heavy atom. The lowest BCUT2D eigenvalue weighted by Gasteiger charge is -2.22. The number of piperidine rings is 1. The van der Waals surface area contributed by atoms with Crippen molar-refractivity contribution in [3.05, 3.63) is 47.3 Å². The van der Waals surface area contributed by atoms with Gasteiger partial charge in [0.15, 0.2) is 11.6 Å². The molecular formula is C16H14FNO4. The maximum atomic E-state index is 13.2. The minimum Gasteiger partial charge on any atom is -0.296 e. The highest BCUT2D eigenvalue weighted by Crippen LogP contribution is 2.25. The normalized spacial score (nSPS) is 17.8. The number of hydrogen-bond donors (Lipinski definition) is 1. The zero-order chi connectivity index (χ0) is 16.4. The summed E-state index contributed by atoms with van der Waals surface area (Å²) in [6.07, 6.45) is 0.303. The van der Waals surface area contributed by atoms with E-state index in [1.165, 1.54) is 13.0 Å². The molecule has 0 spiro atoms. The minimum absolute atomic E-state index is 0.00333. The van der Waals surface area contributed by atoms with Crippen LogP contribution in [0.25, 0.3) is 0 Å². The molecule has 1 aliphatic rings. The van der Waals surface area contributed by atoms with E-state index in [9.17, 15) is 23.6 Å². The fraction of sp³-hybridized carbons (Fsp3) is 0.250. The second-order valence-electron chi connectivity index (χ2n) is 5.10. The van der Waals surface area contributed by atoms with Crippen molar-refractivity contribution in [3.63, 3.8) is 0 Å². The van der Waals surface area contributed by atoms with Crippen LogP contribution in [0.4, 0.5) is 4.39 Å². The highest BCUT2D eigenvalue weighted by Gasteiger charge is 2.32. The fourth-order valence-electron chi connectivity index (χ4n) is 2.36. The smallest absolute Gasteiger partial charge is 0.234 e. The van der Waals surface area contributed by atoms with E-state index in [0.717, 1.165) is 12.1 Å². The number of Topliss-reactive ketones (excluding diaryl/α,β-unsaturated/α-hetero) is 2. The summed E-state index contributed by atoms with van der Waals surface area (Å²) in [6.45, 7) is 4.85. The number of carbonyl (C=O) groups is 4. The van der Waals surface area contributed by atoms with E-state index in [2.05, 4.69) is 11.9 Å². The molecule has 0 saturated carbocycles. The molecule has 0 aliphatic carbocycles. The number of imide groups is 1. The van der Waals surface area contributed by atoms with Crippen molar-refractivity contribution in [2.45, 2.75) is 19.8 Å². The fourth-order valence-corrected chi connectivity index (χ4v) is 2.36. The van der Waals surface area contributed by atoms with Gasteiger partial charge in [0.05, 0.1) is 5.92 Å². The lowest BCUT2D eigenvalue weighted by atomic mass is 9.85. The molecule has 1 unspecified atom stereocenters. The molecule has 22 heavy (non-hydrogen) atoms. The van der Waals surface area contributed by atoms with Gasteiger partial charge in [0.2, 0.25) is 11.8 Å². The molecule has 2 amide bonds. The van der Waals surface area contributed by atoms with Gasteiger partial charge in [-0.1, -0.05) is 6.58 Å². The highest BCUT2D eigenvalue weighted by atomic mass is 19.1. The summed E-state index contributed by atoms with van der Waals surface area (Å²) in [4.78, 5) is 46.9. The van der Waals surface area contributed by atoms with Gasteiger partial charge in [-0.05, 0) is 31.5 Å². The molecule has 0 aromatic heterocycles. The number of ketones is 2. The third-order valence-corrected chi connectivity index (χ3v) is 3.56. The second-order valence-corrected chi connectivity index (χ2v) is 5.10. The van der Waals surface area contributed by atoms with E-state index < -0.39 is 35.1 Å². The van der Waals surface area contributed by atoms with E-state index in [1.807, 2.05) is 0 Å². The van der Waals surface area contributed by atoms with E-state index >= 15 is 0 Å². The second kappa shape index (κ2) is 6.01. The van der Waals surface area contributed by atoms with Crippen LogP contribution in [0, 0.1) is 11.7 Å². The third-order valence-electron chi connectivity index (χ3n) is 3.56. The van der Waals surface area contributed by atoms with Gasteiger partial charge in [-0.2, -0.15) is 0 Å². The molecule has 1 fully saturated rings. The van der Waals surface area contributed by atoms with Crippen LogP contribution in [-0.4, -0.2) is 23.4 Å². The summed E-state index contributed by atoms with van der Waals surface area (Å²) >= 11 is 0. The van der Waals surface area contributed by atoms with Crippen LogP contribution in [0.5, 0.6) is 0 Å². The first kappa shape index (κ1) is 15.8. The summed E-state index contributed by atoms with van der Waals surface area (Å²) in [5, 5.41) is 2.15. The quantitative estimate of drug-likeness (QED) is 0.522. The predicted octanol–water partition coefficient (Wildman–Crippen LogP) is 1.82. The molecule has 1 saturated heterocycles. The topological polar surface area (TPSA) is 80.3 Å². The molecule has 0 bridgehead atoms. The zero-order valence-electron chi connectivity index (χ0n) is 11.9. The average Bonchev–Trinajstić information content (AvgIpc) is 2.45. The van der Waals surface area contributed by atoms with Gasteiger partial charge < -0.3 is 0 Å². The van der Waals surface area contributed by atoms with Crippen molar-refractivity contribution in [1.29, 1.82) is 0 Å². The molecule has 1 aromatic carbocycles. The van der Waals surface area contributed by atoms with Crippen LogP contribution in [0.1, 0.15) is 40.5 Å². The van der Waals surface area contributed by atoms with Crippen molar-refractivity contribution in [2.24, 2.45) is 5.92 Å². The van der Waals surface area contributed by atoms with Crippen LogP contribution in [0.15, 0.2) is 30.4 Å². The molecule has 1 atom stereocenters. The molecule has 1 aliphatic heterocycles. The molecule has 114 valence electrons. The number of halogens is 1. The Balaban J connectivity index is 2.32. The predicted molar refractivity (Wildman–Crippen MR) is 75.7 cm³/mol. The van der Waals surface area contributed by atoms with Crippen LogP contribution in [0.3, 0.4) is 0 Å². The van der Waals surface area contributed by atoms with Crippen LogP contribution >= 0.6 is 0 Å². The van der Waals surface area contributed by atoms with Gasteiger partial charge >= 0.3 is 0 Å². The SMILES string of the molecule is C=C(C(=O)c1ccc(F)cc1C(C)=O)C1CCC(=O)NC1=O. The van der Waals surface area contributed by atoms with Gasteiger partial charge in [0, 0.05) is 23.1 Å². The Labute approximate surface area is 126 Å². The lowest BCUT2D eigenvalue weighted by Crippen LogP contribution is -2.42. The first-order valence-corrected chi connectivity index (χ1v) is 6.69. The molecule has 1 heterocycles. The number of amides is 2. The lowest BCUT2D eigenvalue weighted by molar-refractivity contribution is -0.135. The summed E-state index contributed by atoms with van der Waals surface area (Å²) in [6, 6.07) is 3.25. The van der Waals surface area contributed by atoms with Crippen molar-refractivity contribution in [3.8, 4) is 0 Å². The number of nitrogens with one attached hydrogen (secondary N) is 1. The maximum absolute atomic E-state index is 13.2. The van der Waals surface area contributed by atoms with E-state index in [-0.39, 0.29) is 29.5 Å². The van der Waals surface area contributed by atoms with Crippen LogP contribution in [0.2, 0.25) is 0 Å². The Morgan fingerprint density at radius 1 is 1.27 bits per heavy atom. The average molecular weight is 303 g/mol. The Bertz CT molecular complexity index is 708. The Kier molecular flexibility index (Phi) is 4.30. The summed E-state index contributed by atoms with van der Waals surface area (Å²) in [5.41, 5.74) is -0.0684. The first-order chi connectivity index (χ1) is 10.3. The van der Waals surface area contributed by atoms with Gasteiger partial charge in [0.1, 0.15) is 5.82 Å². The van der Waals surface area contributed by atoms with Crippen molar-refractivity contribution >= 4 is 23.4 Å². The van der Waals surface area contributed by atoms with Gasteiger partial charge in [-0.15, -0.1) is 0 Å². The van der Waals surface area contributed by atoms with E-state index in [0.29, 0.717) is 0 Å². The van der Waals surface area contributed by atoms with Crippen molar-refractivity contribution in [1.82, 2.24) is 5.32 Å². The Hall–Kier alpha value is -2.63. The number of hydrogen-bond acceptors (Lipinski definition) is 4. The third kappa shape index (κ3) is 3.00. The number of benzene rings is 1. The molecule has 0 radical (unpaired) electrons. The molecule has 5 nitrogen and oxygen atoms in total. The van der Waals surface area contributed by atoms with E-state index in [4.69, 9.17) is 0 Å². The van der Waals surface area contributed by atoms with E-state index in [1.54, 1.807) is 0 Å². The minimum atomic E-state index is -0.824. The Morgan fingerprint density at radius 2 is 1.95 bits per heavy atom. The molecule has 2 rings (SSSR count). The van der Waals surface area contributed by atoms with Gasteiger partial charge in [-0.3, -0.25) is 24.5 Å². The summed E-state index contributed by atoms with van der Waals surface area (Å²) in [7, 11) is 0. The highest BCUT2D eigenvalue weighted by molar-refractivity contribution is 6.17. The van der Waals surface area contributed by atoms with Crippen molar-refractivity contribution in [2.75, 3.05) is 0 Å². The standard InChI is InChI=1S/C16H14FNO4/c1-8(11-5-6-14(20)18-16(11)22)15(21)12-4-3-10(17)7-13(12)9(2)19/h3-4,7,11H,1,5-6H2,2H3,(H,18,20,22). The first-order valence-electron chi connectivity index (χ1n) is 6.69. The van der Waals surface area contributed by atoms with Gasteiger partial charge in [-0.25, -0.2) is 4.39 Å². The molecule has 1 N–H and O–H groups in total. The largest absolute Gasteiger partial charge is 0.296 e. The molecular weight excluding hydrogens is 289 g/mol. The summed E-state index contributed by atoms with van der Waals surface area (Å²) in [5.74, 6) is -3.49. The summed E-state index contributed by atoms with van der Waals surface area (Å²) < 4.78 is 13.2. The number of carbonyl (C=O) groups excluding carboxylic acids is 4. The zero-order valence-corrected chi connectivity index (χ0v) is 11.9. The maximum Gasteiger partial charge on any atom is 0.234 e.